The predicted octanol–water partition coefficient (Wildman–Crippen LogP) is 3.61. The maximum atomic E-state index is 10.9. The third-order valence-electron chi connectivity index (χ3n) is 3.04. The van der Waals surface area contributed by atoms with E-state index in [1.165, 1.54) is 11.1 Å². The zero-order chi connectivity index (χ0) is 13.8. The molecule has 0 radical (unpaired) electrons. The highest BCUT2D eigenvalue weighted by atomic mass is 16.4. The summed E-state index contributed by atoms with van der Waals surface area (Å²) in [6.07, 6.45) is 0. The van der Waals surface area contributed by atoms with Gasteiger partial charge >= 0.3 is 5.97 Å². The van der Waals surface area contributed by atoms with Gasteiger partial charge in [0, 0.05) is 12.2 Å². The number of nitrogens with one attached hydrogen (secondary N) is 1. The number of carbonyl (C=O) groups is 1. The molecule has 3 nitrogen and oxygen atoms in total. The van der Waals surface area contributed by atoms with Crippen LogP contribution in [0.15, 0.2) is 42.5 Å². The molecule has 0 aromatic heterocycles. The molecule has 0 fully saturated rings. The topological polar surface area (TPSA) is 49.3 Å². The van der Waals surface area contributed by atoms with Gasteiger partial charge in [-0.15, -0.1) is 0 Å². The molecule has 0 bridgehead atoms. The molecular weight excluding hydrogens is 238 g/mol. The average Bonchev–Trinajstić information content (AvgIpc) is 2.37. The van der Waals surface area contributed by atoms with Crippen molar-refractivity contribution in [3.05, 3.63) is 64.7 Å². The third kappa shape index (κ3) is 3.35. The zero-order valence-corrected chi connectivity index (χ0v) is 11.1. The largest absolute Gasteiger partial charge is 0.478 e. The molecule has 98 valence electrons. The van der Waals surface area contributed by atoms with Gasteiger partial charge in [0.2, 0.25) is 0 Å². The maximum Gasteiger partial charge on any atom is 0.335 e. The second-order valence-corrected chi connectivity index (χ2v) is 4.68. The number of hydrogen-bond donors (Lipinski definition) is 2. The summed E-state index contributed by atoms with van der Waals surface area (Å²) < 4.78 is 0. The van der Waals surface area contributed by atoms with Crippen LogP contribution in [0, 0.1) is 13.8 Å². The molecule has 0 saturated carbocycles. The molecule has 0 aliphatic heterocycles. The molecule has 0 saturated heterocycles. The van der Waals surface area contributed by atoms with Gasteiger partial charge in [-0.25, -0.2) is 4.79 Å². The summed E-state index contributed by atoms with van der Waals surface area (Å²) in [5.74, 6) is -0.895. The van der Waals surface area contributed by atoms with E-state index in [1.54, 1.807) is 12.1 Å². The number of aromatic carboxylic acids is 1. The number of carboxylic acid groups (broad SMARTS) is 1. The Morgan fingerprint density at radius 1 is 1.16 bits per heavy atom. The quantitative estimate of drug-likeness (QED) is 0.877. The standard InChI is InChI=1S/C16H17NO2/c1-11-4-3-5-13(8-11)10-17-15-7-6-14(16(18)19)9-12(15)2/h3-9,17H,10H2,1-2H3,(H,18,19). The third-order valence-corrected chi connectivity index (χ3v) is 3.04. The van der Waals surface area contributed by atoms with Crippen molar-refractivity contribution in [1.29, 1.82) is 0 Å². The van der Waals surface area contributed by atoms with Gasteiger partial charge in [0.05, 0.1) is 5.56 Å². The van der Waals surface area contributed by atoms with E-state index >= 15 is 0 Å². The minimum Gasteiger partial charge on any atom is -0.478 e. The van der Waals surface area contributed by atoms with Gasteiger partial charge in [0.1, 0.15) is 0 Å². The molecule has 2 aromatic carbocycles. The van der Waals surface area contributed by atoms with Crippen molar-refractivity contribution >= 4 is 11.7 Å². The van der Waals surface area contributed by atoms with E-state index in [2.05, 4.69) is 30.4 Å². The first-order chi connectivity index (χ1) is 9.06. The molecule has 2 aromatic rings. The van der Waals surface area contributed by atoms with Crippen molar-refractivity contribution in [3.63, 3.8) is 0 Å². The van der Waals surface area contributed by atoms with Crippen LogP contribution in [0.3, 0.4) is 0 Å². The van der Waals surface area contributed by atoms with E-state index in [-0.39, 0.29) is 0 Å². The van der Waals surface area contributed by atoms with Crippen molar-refractivity contribution in [2.75, 3.05) is 5.32 Å². The van der Waals surface area contributed by atoms with Gasteiger partial charge in [-0.05, 0) is 43.2 Å². The van der Waals surface area contributed by atoms with Gasteiger partial charge < -0.3 is 10.4 Å². The van der Waals surface area contributed by atoms with Gasteiger partial charge in [-0.2, -0.15) is 0 Å². The average molecular weight is 255 g/mol. The second-order valence-electron chi connectivity index (χ2n) is 4.68. The van der Waals surface area contributed by atoms with E-state index in [9.17, 15) is 4.79 Å². The lowest BCUT2D eigenvalue weighted by molar-refractivity contribution is 0.0697. The first-order valence-corrected chi connectivity index (χ1v) is 6.19. The number of rotatable bonds is 4. The Hall–Kier alpha value is -2.29. The number of aryl methyl sites for hydroxylation is 2. The van der Waals surface area contributed by atoms with E-state index in [1.807, 2.05) is 19.1 Å². The fourth-order valence-electron chi connectivity index (χ4n) is 2.01. The molecule has 3 heteroatoms. The van der Waals surface area contributed by atoms with Crippen LogP contribution in [-0.4, -0.2) is 11.1 Å². The van der Waals surface area contributed by atoms with Crippen molar-refractivity contribution in [2.45, 2.75) is 20.4 Å². The highest BCUT2D eigenvalue weighted by molar-refractivity contribution is 5.88. The predicted molar refractivity (Wildman–Crippen MR) is 76.6 cm³/mol. The van der Waals surface area contributed by atoms with Gasteiger partial charge in [0.25, 0.3) is 0 Å². The molecule has 0 atom stereocenters. The minimum atomic E-state index is -0.895. The summed E-state index contributed by atoms with van der Waals surface area (Å²) in [6, 6.07) is 13.4. The molecule has 0 unspecified atom stereocenters. The summed E-state index contributed by atoms with van der Waals surface area (Å²) >= 11 is 0. The van der Waals surface area contributed by atoms with E-state index in [0.717, 1.165) is 17.8 Å². The summed E-state index contributed by atoms with van der Waals surface area (Å²) in [5.41, 5.74) is 4.66. The van der Waals surface area contributed by atoms with Gasteiger partial charge in [0.15, 0.2) is 0 Å². The lowest BCUT2D eigenvalue weighted by Crippen LogP contribution is -2.03. The molecule has 0 spiro atoms. The van der Waals surface area contributed by atoms with E-state index in [0.29, 0.717) is 5.56 Å². The number of anilines is 1. The molecule has 0 heterocycles. The van der Waals surface area contributed by atoms with Gasteiger partial charge in [-0.3, -0.25) is 0 Å². The van der Waals surface area contributed by atoms with Crippen LogP contribution < -0.4 is 5.32 Å². The Balaban J connectivity index is 2.10. The van der Waals surface area contributed by atoms with Crippen molar-refractivity contribution in [3.8, 4) is 0 Å². The van der Waals surface area contributed by atoms with Crippen molar-refractivity contribution < 1.29 is 9.90 Å². The fourth-order valence-corrected chi connectivity index (χ4v) is 2.01. The number of hydrogen-bond acceptors (Lipinski definition) is 2. The van der Waals surface area contributed by atoms with Crippen LogP contribution in [0.25, 0.3) is 0 Å². The molecule has 0 aliphatic carbocycles. The van der Waals surface area contributed by atoms with Crippen LogP contribution in [0.1, 0.15) is 27.0 Å². The van der Waals surface area contributed by atoms with E-state index < -0.39 is 5.97 Å². The molecule has 0 aliphatic rings. The van der Waals surface area contributed by atoms with Gasteiger partial charge in [-0.1, -0.05) is 29.8 Å². The second kappa shape index (κ2) is 5.57. The minimum absolute atomic E-state index is 0.318. The van der Waals surface area contributed by atoms with E-state index in [4.69, 9.17) is 5.11 Å². The van der Waals surface area contributed by atoms with Crippen LogP contribution in [0.5, 0.6) is 0 Å². The van der Waals surface area contributed by atoms with Crippen LogP contribution in [0.2, 0.25) is 0 Å². The molecular formula is C16H17NO2. The Morgan fingerprint density at radius 2 is 1.95 bits per heavy atom. The summed E-state index contributed by atoms with van der Waals surface area (Å²) in [5, 5.41) is 12.2. The Labute approximate surface area is 112 Å². The highest BCUT2D eigenvalue weighted by Crippen LogP contribution is 2.17. The molecule has 2 rings (SSSR count). The zero-order valence-electron chi connectivity index (χ0n) is 11.1. The summed E-state index contributed by atoms with van der Waals surface area (Å²) in [6.45, 7) is 4.70. The van der Waals surface area contributed by atoms with Crippen molar-refractivity contribution in [1.82, 2.24) is 0 Å². The van der Waals surface area contributed by atoms with Crippen LogP contribution in [-0.2, 0) is 6.54 Å². The lowest BCUT2D eigenvalue weighted by Gasteiger charge is -2.10. The first kappa shape index (κ1) is 13.1. The Morgan fingerprint density at radius 3 is 2.58 bits per heavy atom. The summed E-state index contributed by atoms with van der Waals surface area (Å²) in [4.78, 5) is 10.9. The first-order valence-electron chi connectivity index (χ1n) is 6.19. The molecule has 19 heavy (non-hydrogen) atoms. The van der Waals surface area contributed by atoms with Crippen LogP contribution >= 0.6 is 0 Å². The monoisotopic (exact) mass is 255 g/mol. The SMILES string of the molecule is Cc1cccc(CNc2ccc(C(=O)O)cc2C)c1. The Bertz CT molecular complexity index is 605. The summed E-state index contributed by atoms with van der Waals surface area (Å²) in [7, 11) is 0. The molecule has 2 N–H and O–H groups in total. The fraction of sp³-hybridized carbons (Fsp3) is 0.188. The highest BCUT2D eigenvalue weighted by Gasteiger charge is 2.05. The smallest absolute Gasteiger partial charge is 0.335 e. The normalized spacial score (nSPS) is 10.2. The van der Waals surface area contributed by atoms with Crippen molar-refractivity contribution in [2.24, 2.45) is 0 Å². The Kier molecular flexibility index (Phi) is 3.85. The molecule has 0 amide bonds. The number of carboxylic acids is 1. The lowest BCUT2D eigenvalue weighted by atomic mass is 10.1. The maximum absolute atomic E-state index is 10.9. The number of benzene rings is 2. The van der Waals surface area contributed by atoms with Crippen LogP contribution in [0.4, 0.5) is 5.69 Å².